The van der Waals surface area contributed by atoms with Gasteiger partial charge < -0.3 is 16.2 Å². The average Bonchev–Trinajstić information content (AvgIpc) is 2.16. The fraction of sp³-hybridized carbons (Fsp3) is 0.375. The number of nitrogens with two attached hydrogens (primary N) is 1. The third-order valence-corrected chi connectivity index (χ3v) is 1.52. The van der Waals surface area contributed by atoms with Gasteiger partial charge in [0.25, 0.3) is 0 Å². The predicted octanol–water partition coefficient (Wildman–Crippen LogP) is -0.0478. The lowest BCUT2D eigenvalue weighted by molar-refractivity contribution is 0.196. The number of anilines is 1. The van der Waals surface area contributed by atoms with E-state index in [-0.39, 0.29) is 12.4 Å². The van der Waals surface area contributed by atoms with Crippen LogP contribution in [-0.4, -0.2) is 29.3 Å². The van der Waals surface area contributed by atoms with Crippen LogP contribution in [0.1, 0.15) is 0 Å². The molecule has 0 amide bonds. The number of aliphatic hydroxyl groups is 1. The summed E-state index contributed by atoms with van der Waals surface area (Å²) < 4.78 is 12.4. The van der Waals surface area contributed by atoms with Gasteiger partial charge in [-0.25, -0.2) is 9.37 Å². The van der Waals surface area contributed by atoms with E-state index in [0.717, 1.165) is 6.20 Å². The summed E-state index contributed by atoms with van der Waals surface area (Å²) in [4.78, 5) is 3.75. The van der Waals surface area contributed by atoms with E-state index in [0.29, 0.717) is 12.4 Å². The molecule has 1 unspecified atom stereocenters. The summed E-state index contributed by atoms with van der Waals surface area (Å²) in [6.45, 7) is 0.503. The lowest BCUT2D eigenvalue weighted by Gasteiger charge is -2.09. The first-order valence-corrected chi connectivity index (χ1v) is 3.96. The van der Waals surface area contributed by atoms with Crippen LogP contribution in [0.2, 0.25) is 0 Å². The molecule has 1 heterocycles. The zero-order valence-corrected chi connectivity index (χ0v) is 7.07. The van der Waals surface area contributed by atoms with Crippen molar-refractivity contribution < 1.29 is 9.50 Å². The number of nitrogens with one attached hydrogen (secondary N) is 1. The highest BCUT2D eigenvalue weighted by atomic mass is 19.1. The molecule has 1 aromatic heterocycles. The summed E-state index contributed by atoms with van der Waals surface area (Å²) in [6, 6.07) is 2.79. The molecule has 1 aromatic rings. The molecule has 5 heteroatoms. The van der Waals surface area contributed by atoms with Crippen molar-refractivity contribution in [2.45, 2.75) is 6.10 Å². The minimum Gasteiger partial charge on any atom is -0.390 e. The van der Waals surface area contributed by atoms with Gasteiger partial charge in [0.2, 0.25) is 0 Å². The highest BCUT2D eigenvalue weighted by Crippen LogP contribution is 2.02. The second-order valence-corrected chi connectivity index (χ2v) is 2.63. The van der Waals surface area contributed by atoms with Crippen molar-refractivity contribution in [1.82, 2.24) is 4.98 Å². The number of hydrogen-bond acceptors (Lipinski definition) is 4. The zero-order valence-electron chi connectivity index (χ0n) is 7.07. The maximum atomic E-state index is 12.4. The number of aliphatic hydroxyl groups excluding tert-OH is 1. The Balaban J connectivity index is 2.41. The third-order valence-electron chi connectivity index (χ3n) is 1.52. The van der Waals surface area contributed by atoms with Crippen LogP contribution in [0.15, 0.2) is 18.3 Å². The summed E-state index contributed by atoms with van der Waals surface area (Å²) in [5, 5.41) is 11.9. The van der Waals surface area contributed by atoms with Crippen molar-refractivity contribution in [2.24, 2.45) is 5.73 Å². The van der Waals surface area contributed by atoms with E-state index in [9.17, 15) is 4.39 Å². The van der Waals surface area contributed by atoms with Crippen LogP contribution in [0.25, 0.3) is 0 Å². The molecule has 4 N–H and O–H groups in total. The molecular weight excluding hydrogens is 173 g/mol. The van der Waals surface area contributed by atoms with Crippen LogP contribution in [0, 0.1) is 5.82 Å². The fourth-order valence-electron chi connectivity index (χ4n) is 0.786. The van der Waals surface area contributed by atoms with Crippen molar-refractivity contribution in [2.75, 3.05) is 18.4 Å². The molecule has 1 rings (SSSR count). The lowest BCUT2D eigenvalue weighted by Crippen LogP contribution is -2.27. The summed E-state index contributed by atoms with van der Waals surface area (Å²) in [7, 11) is 0. The molecule has 72 valence electrons. The van der Waals surface area contributed by atoms with Gasteiger partial charge >= 0.3 is 0 Å². The van der Waals surface area contributed by atoms with Crippen LogP contribution in [-0.2, 0) is 0 Å². The number of rotatable bonds is 4. The molecular formula is C8H12FN3O. The number of aromatic nitrogens is 1. The van der Waals surface area contributed by atoms with Crippen LogP contribution >= 0.6 is 0 Å². The molecule has 0 aliphatic heterocycles. The topological polar surface area (TPSA) is 71.2 Å². The van der Waals surface area contributed by atoms with Gasteiger partial charge in [-0.1, -0.05) is 0 Å². The SMILES string of the molecule is NCC(O)CNc1ccc(F)cn1. The van der Waals surface area contributed by atoms with Crippen LogP contribution < -0.4 is 11.1 Å². The molecule has 0 saturated carbocycles. The Hall–Kier alpha value is -1.20. The Bertz CT molecular complexity index is 252. The first kappa shape index (κ1) is 9.88. The monoisotopic (exact) mass is 185 g/mol. The number of halogens is 1. The summed E-state index contributed by atoms with van der Waals surface area (Å²) in [6.07, 6.45) is 0.504. The molecule has 1 atom stereocenters. The van der Waals surface area contributed by atoms with Gasteiger partial charge in [-0.05, 0) is 12.1 Å². The smallest absolute Gasteiger partial charge is 0.141 e. The minimum atomic E-state index is -0.605. The summed E-state index contributed by atoms with van der Waals surface area (Å²) in [5.74, 6) is 0.138. The standard InChI is InChI=1S/C8H12FN3O/c9-6-1-2-8(11-4-6)12-5-7(13)3-10/h1-2,4,7,13H,3,5,10H2,(H,11,12). The van der Waals surface area contributed by atoms with Crippen molar-refractivity contribution in [3.05, 3.63) is 24.1 Å². The second-order valence-electron chi connectivity index (χ2n) is 2.63. The van der Waals surface area contributed by atoms with E-state index in [1.54, 1.807) is 0 Å². The van der Waals surface area contributed by atoms with Crippen molar-refractivity contribution in [3.8, 4) is 0 Å². The highest BCUT2D eigenvalue weighted by Gasteiger charge is 2.00. The van der Waals surface area contributed by atoms with Gasteiger partial charge in [-0.3, -0.25) is 0 Å². The average molecular weight is 185 g/mol. The van der Waals surface area contributed by atoms with Gasteiger partial charge in [0.05, 0.1) is 12.3 Å². The Morgan fingerprint density at radius 2 is 2.38 bits per heavy atom. The largest absolute Gasteiger partial charge is 0.390 e. The number of hydrogen-bond donors (Lipinski definition) is 3. The fourth-order valence-corrected chi connectivity index (χ4v) is 0.786. The minimum absolute atomic E-state index is 0.189. The van der Waals surface area contributed by atoms with Gasteiger partial charge in [-0.2, -0.15) is 0 Å². The van der Waals surface area contributed by atoms with E-state index >= 15 is 0 Å². The summed E-state index contributed by atoms with van der Waals surface area (Å²) in [5.41, 5.74) is 5.19. The maximum absolute atomic E-state index is 12.4. The van der Waals surface area contributed by atoms with E-state index in [4.69, 9.17) is 10.8 Å². The number of nitrogens with zero attached hydrogens (tertiary/aromatic N) is 1. The molecule has 0 aliphatic carbocycles. The van der Waals surface area contributed by atoms with Crippen LogP contribution in [0.3, 0.4) is 0 Å². The van der Waals surface area contributed by atoms with Crippen molar-refractivity contribution in [3.63, 3.8) is 0 Å². The zero-order chi connectivity index (χ0) is 9.68. The Morgan fingerprint density at radius 3 is 2.92 bits per heavy atom. The van der Waals surface area contributed by atoms with Gasteiger partial charge in [0.1, 0.15) is 11.6 Å². The first-order valence-electron chi connectivity index (χ1n) is 3.96. The maximum Gasteiger partial charge on any atom is 0.141 e. The van der Waals surface area contributed by atoms with E-state index < -0.39 is 6.10 Å². The molecule has 13 heavy (non-hydrogen) atoms. The quantitative estimate of drug-likeness (QED) is 0.615. The first-order chi connectivity index (χ1) is 6.22. The molecule has 0 spiro atoms. The van der Waals surface area contributed by atoms with Crippen LogP contribution in [0.5, 0.6) is 0 Å². The Labute approximate surface area is 75.6 Å². The van der Waals surface area contributed by atoms with Crippen molar-refractivity contribution in [1.29, 1.82) is 0 Å². The molecule has 4 nitrogen and oxygen atoms in total. The normalized spacial score (nSPS) is 12.5. The second kappa shape index (κ2) is 4.74. The van der Waals surface area contributed by atoms with Gasteiger partial charge in [0, 0.05) is 13.1 Å². The van der Waals surface area contributed by atoms with E-state index in [1.165, 1.54) is 12.1 Å². The van der Waals surface area contributed by atoms with Crippen LogP contribution in [0.4, 0.5) is 10.2 Å². The summed E-state index contributed by atoms with van der Waals surface area (Å²) >= 11 is 0. The molecule has 0 aromatic carbocycles. The Morgan fingerprint density at radius 1 is 1.62 bits per heavy atom. The molecule has 0 bridgehead atoms. The molecule has 0 aliphatic rings. The van der Waals surface area contributed by atoms with Gasteiger partial charge in [0.15, 0.2) is 0 Å². The lowest BCUT2D eigenvalue weighted by atomic mass is 10.3. The molecule has 0 fully saturated rings. The predicted molar refractivity (Wildman–Crippen MR) is 47.7 cm³/mol. The van der Waals surface area contributed by atoms with Gasteiger partial charge in [-0.15, -0.1) is 0 Å². The van der Waals surface area contributed by atoms with E-state index in [1.807, 2.05) is 0 Å². The highest BCUT2D eigenvalue weighted by molar-refractivity contribution is 5.33. The number of pyridine rings is 1. The molecule has 0 radical (unpaired) electrons. The van der Waals surface area contributed by atoms with Crippen molar-refractivity contribution >= 4 is 5.82 Å². The Kier molecular flexibility index (Phi) is 3.60. The molecule has 0 saturated heterocycles. The van der Waals surface area contributed by atoms with E-state index in [2.05, 4.69) is 10.3 Å². The third kappa shape index (κ3) is 3.35.